The average molecular weight is 75.0 g/mol. The normalized spacial score (nSPS) is 7.25. The zero-order valence-electron chi connectivity index (χ0n) is 2.50. The molecule has 0 unspecified atom stereocenters. The Balaban J connectivity index is 1.97. The van der Waals surface area contributed by atoms with E-state index in [0.717, 1.165) is 0 Å². The maximum Gasteiger partial charge on any atom is 0.177 e. The van der Waals surface area contributed by atoms with Crippen molar-refractivity contribution in [3.05, 3.63) is 0 Å². The van der Waals surface area contributed by atoms with Crippen LogP contribution in [0, 0.1) is 0 Å². The van der Waals surface area contributed by atoms with Crippen LogP contribution in [-0.2, 0) is 0 Å². The second kappa shape index (κ2) is 3.46. The van der Waals surface area contributed by atoms with Crippen molar-refractivity contribution >= 4 is 16.3 Å². The quantitative estimate of drug-likeness (QED) is 0.392. The smallest absolute Gasteiger partial charge is 0.177 e. The van der Waals surface area contributed by atoms with Crippen LogP contribution in [-0.4, -0.2) is 23.0 Å². The lowest BCUT2D eigenvalue weighted by Gasteiger charge is -1.64. The molecule has 0 aliphatic heterocycles. The monoisotopic (exact) mass is 75.0 g/mol. The van der Waals surface area contributed by atoms with Gasteiger partial charge in [0.05, 0.1) is 6.67 Å². The number of hydrogen-bond acceptors (Lipinski definition) is 0. The molecule has 0 heterocycles. The molecule has 0 spiro atoms. The van der Waals surface area contributed by atoms with Crippen molar-refractivity contribution < 1.29 is 4.39 Å². The first-order valence-corrected chi connectivity index (χ1v) is 2.27. The van der Waals surface area contributed by atoms with E-state index >= 15 is 0 Å². The molecule has 2 heteroatoms. The minimum atomic E-state index is -0.168. The van der Waals surface area contributed by atoms with Gasteiger partial charge in [-0.25, -0.2) is 0 Å². The van der Waals surface area contributed by atoms with Crippen molar-refractivity contribution in [3.8, 4) is 0 Å². The van der Waals surface area contributed by atoms with E-state index in [2.05, 4.69) is 0 Å². The summed E-state index contributed by atoms with van der Waals surface area (Å²) in [6, 6.07) is 0. The van der Waals surface area contributed by atoms with Crippen LogP contribution < -0.4 is 0 Å². The van der Waals surface area contributed by atoms with Crippen LogP contribution in [0.1, 0.15) is 0 Å². The van der Waals surface area contributed by atoms with Crippen molar-refractivity contribution in [2.45, 2.75) is 5.28 Å². The van der Waals surface area contributed by atoms with E-state index < -0.39 is 0 Å². The van der Waals surface area contributed by atoms with Gasteiger partial charge >= 0.3 is 0 Å². The van der Waals surface area contributed by atoms with E-state index in [0.29, 0.717) is 5.28 Å². The van der Waals surface area contributed by atoms with Gasteiger partial charge in [-0.1, -0.05) is 5.28 Å². The van der Waals surface area contributed by atoms with Crippen LogP contribution in [0.5, 0.6) is 0 Å². The lowest BCUT2D eigenvalue weighted by atomic mass is 10.9. The molecular formula is C2H5AlF. The van der Waals surface area contributed by atoms with E-state index in [4.69, 9.17) is 0 Å². The van der Waals surface area contributed by atoms with E-state index in [1.807, 2.05) is 0 Å². The molecule has 0 aromatic heterocycles. The summed E-state index contributed by atoms with van der Waals surface area (Å²) in [4.78, 5) is 0. The number of alkyl halides is 1. The van der Waals surface area contributed by atoms with E-state index in [-0.39, 0.29) is 6.67 Å². The molecule has 0 saturated carbocycles. The lowest BCUT2D eigenvalue weighted by Crippen LogP contribution is -1.64. The molecule has 23 valence electrons. The molecule has 0 N–H and O–H groups in total. The summed E-state index contributed by atoms with van der Waals surface area (Å²) in [5.41, 5.74) is 0. The summed E-state index contributed by atoms with van der Waals surface area (Å²) >= 11 is 1.65. The Morgan fingerprint density at radius 1 is 1.75 bits per heavy atom. The number of halogens is 1. The molecule has 1 radical (unpaired) electrons. The van der Waals surface area contributed by atoms with Gasteiger partial charge in [-0.3, -0.25) is 4.39 Å². The van der Waals surface area contributed by atoms with Gasteiger partial charge in [0.2, 0.25) is 0 Å². The highest BCUT2D eigenvalue weighted by molar-refractivity contribution is 6.08. The van der Waals surface area contributed by atoms with Crippen molar-refractivity contribution in [3.63, 3.8) is 0 Å². The third-order valence-corrected chi connectivity index (χ3v) is 0.401. The molecule has 0 rings (SSSR count). The third kappa shape index (κ3) is 2.46. The molecule has 0 aliphatic carbocycles. The molecule has 0 bridgehead atoms. The lowest BCUT2D eigenvalue weighted by molar-refractivity contribution is 0.527. The van der Waals surface area contributed by atoms with Gasteiger partial charge in [-0.2, -0.15) is 0 Å². The summed E-state index contributed by atoms with van der Waals surface area (Å²) in [7, 11) is 0. The van der Waals surface area contributed by atoms with Gasteiger partial charge in [0.15, 0.2) is 16.3 Å². The highest BCUT2D eigenvalue weighted by Gasteiger charge is 1.61. The molecule has 0 aromatic carbocycles. The van der Waals surface area contributed by atoms with E-state index in [1.165, 1.54) is 0 Å². The molecule has 0 nitrogen and oxygen atoms in total. The highest BCUT2D eigenvalue weighted by Crippen LogP contribution is 1.66. The third-order valence-electron chi connectivity index (χ3n) is 0.134. The van der Waals surface area contributed by atoms with Crippen LogP contribution in [0.2, 0.25) is 5.28 Å². The molecule has 4 heavy (non-hydrogen) atoms. The first kappa shape index (κ1) is 4.46. The number of rotatable bonds is 1. The fourth-order valence-electron chi connectivity index (χ4n) is 0. The van der Waals surface area contributed by atoms with Crippen LogP contribution in [0.4, 0.5) is 4.39 Å². The SMILES string of the molecule is FC[CH2][AlH]. The molecule has 0 atom stereocenters. The second-order valence-electron chi connectivity index (χ2n) is 0.543. The van der Waals surface area contributed by atoms with Crippen molar-refractivity contribution in [1.29, 1.82) is 0 Å². The molecule has 0 fully saturated rings. The second-order valence-corrected chi connectivity index (χ2v) is 1.25. The molecule has 0 amide bonds. The van der Waals surface area contributed by atoms with Gasteiger partial charge < -0.3 is 0 Å². The Labute approximate surface area is 33.4 Å². The molecular weight excluding hydrogens is 70.0 g/mol. The van der Waals surface area contributed by atoms with Crippen molar-refractivity contribution in [2.75, 3.05) is 6.67 Å². The van der Waals surface area contributed by atoms with Gasteiger partial charge in [0.1, 0.15) is 0 Å². The van der Waals surface area contributed by atoms with Crippen LogP contribution >= 0.6 is 0 Å². The van der Waals surface area contributed by atoms with Crippen LogP contribution in [0.15, 0.2) is 0 Å². The zero-order valence-corrected chi connectivity index (χ0v) is 3.91. The highest BCUT2D eigenvalue weighted by atomic mass is 27.0. The fraction of sp³-hybridized carbons (Fsp3) is 1.00. The molecule has 0 aromatic rings. The largest absolute Gasteiger partial charge is 0.252 e. The predicted molar refractivity (Wildman–Crippen MR) is 17.9 cm³/mol. The summed E-state index contributed by atoms with van der Waals surface area (Å²) in [6.45, 7) is -0.168. The van der Waals surface area contributed by atoms with E-state index in [1.54, 1.807) is 16.3 Å². The maximum absolute atomic E-state index is 10.7. The Morgan fingerprint density at radius 3 is 2.00 bits per heavy atom. The summed E-state index contributed by atoms with van der Waals surface area (Å²) in [5, 5.41) is 0.681. The first-order chi connectivity index (χ1) is 1.91. The van der Waals surface area contributed by atoms with Gasteiger partial charge in [0.25, 0.3) is 0 Å². The van der Waals surface area contributed by atoms with Crippen molar-refractivity contribution in [2.24, 2.45) is 0 Å². The zero-order chi connectivity index (χ0) is 3.41. The Hall–Kier alpha value is 0.462. The molecule has 0 aliphatic rings. The maximum atomic E-state index is 10.7. The van der Waals surface area contributed by atoms with Gasteiger partial charge in [0, 0.05) is 0 Å². The van der Waals surface area contributed by atoms with E-state index in [9.17, 15) is 4.39 Å². The summed E-state index contributed by atoms with van der Waals surface area (Å²) < 4.78 is 10.7. The Morgan fingerprint density at radius 2 is 2.00 bits per heavy atom. The van der Waals surface area contributed by atoms with Gasteiger partial charge in [-0.05, 0) is 0 Å². The first-order valence-electron chi connectivity index (χ1n) is 1.27. The fourth-order valence-corrected chi connectivity index (χ4v) is 0. The Kier molecular flexibility index (Phi) is 3.86. The Bertz CT molecular complexity index is 8.00. The van der Waals surface area contributed by atoms with Gasteiger partial charge in [-0.15, -0.1) is 0 Å². The predicted octanol–water partition coefficient (Wildman–Crippen LogP) is 0.275. The average Bonchev–Trinajstić information content (AvgIpc) is 1.37. The van der Waals surface area contributed by atoms with Crippen LogP contribution in [0.25, 0.3) is 0 Å². The topological polar surface area (TPSA) is 0 Å². The summed E-state index contributed by atoms with van der Waals surface area (Å²) in [6.07, 6.45) is 0. The minimum absolute atomic E-state index is 0.168. The van der Waals surface area contributed by atoms with Crippen LogP contribution in [0.3, 0.4) is 0 Å². The summed E-state index contributed by atoms with van der Waals surface area (Å²) in [5.74, 6) is 0. The standard InChI is InChI=1S/C2H4F.Al.H/c1-2-3;;/h1-2H2;;. The minimum Gasteiger partial charge on any atom is -0.252 e. The molecule has 0 saturated heterocycles. The van der Waals surface area contributed by atoms with Crippen molar-refractivity contribution in [1.82, 2.24) is 0 Å². The number of hydrogen-bond donors (Lipinski definition) is 0.